The lowest BCUT2D eigenvalue weighted by Crippen LogP contribution is -2.23. The monoisotopic (exact) mass is 200 g/mol. The van der Waals surface area contributed by atoms with Crippen LogP contribution in [0.1, 0.15) is 24.8 Å². The molecule has 2 rings (SSSR count). The van der Waals surface area contributed by atoms with Crippen LogP contribution in [0.4, 0.5) is 0 Å². The number of hydrogen-bond donors (Lipinski definition) is 0. The molecule has 0 heterocycles. The zero-order valence-electron chi connectivity index (χ0n) is 8.97. The van der Waals surface area contributed by atoms with E-state index in [0.717, 1.165) is 12.7 Å². The van der Waals surface area contributed by atoms with E-state index in [1.165, 1.54) is 5.56 Å². The fraction of sp³-hybridized carbons (Fsp3) is 0.357. The minimum absolute atomic E-state index is 0.136. The van der Waals surface area contributed by atoms with Crippen LogP contribution in [-0.2, 0) is 4.79 Å². The normalized spacial score (nSPS) is 30.1. The van der Waals surface area contributed by atoms with E-state index in [9.17, 15) is 4.79 Å². The zero-order chi connectivity index (χ0) is 10.7. The van der Waals surface area contributed by atoms with E-state index in [4.69, 9.17) is 0 Å². The summed E-state index contributed by atoms with van der Waals surface area (Å²) in [6.07, 6.45) is 6.45. The Morgan fingerprint density at radius 3 is 2.67 bits per heavy atom. The minimum atomic E-state index is 0.136. The number of carbonyl (C=O) groups is 1. The summed E-state index contributed by atoms with van der Waals surface area (Å²) in [5.41, 5.74) is 1.28. The molecular weight excluding hydrogens is 184 g/mol. The van der Waals surface area contributed by atoms with Gasteiger partial charge in [-0.25, -0.2) is 0 Å². The Morgan fingerprint density at radius 1 is 1.27 bits per heavy atom. The molecule has 0 aliphatic heterocycles. The largest absolute Gasteiger partial charge is 0.303 e. The van der Waals surface area contributed by atoms with E-state index in [1.807, 2.05) is 18.2 Å². The minimum Gasteiger partial charge on any atom is -0.303 e. The lowest BCUT2D eigenvalue weighted by atomic mass is 9.74. The van der Waals surface area contributed by atoms with Gasteiger partial charge in [-0.15, -0.1) is 0 Å². The molecule has 0 amide bonds. The fourth-order valence-electron chi connectivity index (χ4n) is 2.37. The van der Waals surface area contributed by atoms with Crippen LogP contribution < -0.4 is 0 Å². The van der Waals surface area contributed by atoms with Crippen molar-refractivity contribution in [1.29, 1.82) is 0 Å². The van der Waals surface area contributed by atoms with Gasteiger partial charge in [0.2, 0.25) is 0 Å². The van der Waals surface area contributed by atoms with Gasteiger partial charge in [0.05, 0.1) is 0 Å². The second-order valence-corrected chi connectivity index (χ2v) is 4.25. The number of aldehydes is 1. The zero-order valence-corrected chi connectivity index (χ0v) is 8.97. The summed E-state index contributed by atoms with van der Waals surface area (Å²) in [5.74, 6) is 0.863. The Hall–Kier alpha value is -1.37. The molecule has 1 heteroatoms. The highest BCUT2D eigenvalue weighted by atomic mass is 16.1. The molecule has 1 nitrogen and oxygen atoms in total. The fourth-order valence-corrected chi connectivity index (χ4v) is 2.37. The third-order valence-electron chi connectivity index (χ3n) is 3.29. The second-order valence-electron chi connectivity index (χ2n) is 4.25. The lowest BCUT2D eigenvalue weighted by molar-refractivity contribution is -0.112. The molecule has 0 saturated heterocycles. The molecule has 1 aromatic rings. The molecule has 1 aliphatic carbocycles. The quantitative estimate of drug-likeness (QED) is 0.529. The first-order chi connectivity index (χ1) is 7.33. The van der Waals surface area contributed by atoms with Crippen LogP contribution >= 0.6 is 0 Å². The number of rotatable bonds is 2. The van der Waals surface area contributed by atoms with Gasteiger partial charge in [-0.3, -0.25) is 0 Å². The number of hydrogen-bond acceptors (Lipinski definition) is 1. The Morgan fingerprint density at radius 2 is 2.00 bits per heavy atom. The van der Waals surface area contributed by atoms with Crippen LogP contribution in [0.15, 0.2) is 42.5 Å². The first-order valence-electron chi connectivity index (χ1n) is 5.50. The van der Waals surface area contributed by atoms with Gasteiger partial charge in [0.15, 0.2) is 0 Å². The van der Waals surface area contributed by atoms with E-state index in [1.54, 1.807) is 0 Å². The maximum atomic E-state index is 11.1. The molecular formula is C14H16O. The van der Waals surface area contributed by atoms with Gasteiger partial charge in [0, 0.05) is 5.92 Å². The van der Waals surface area contributed by atoms with Crippen molar-refractivity contribution >= 4 is 6.29 Å². The highest BCUT2D eigenvalue weighted by molar-refractivity contribution is 5.57. The molecule has 0 N–H and O–H groups in total. The highest BCUT2D eigenvalue weighted by Gasteiger charge is 2.28. The van der Waals surface area contributed by atoms with Crippen LogP contribution in [0.5, 0.6) is 0 Å². The summed E-state index contributed by atoms with van der Waals surface area (Å²) in [5, 5.41) is 0. The Labute approximate surface area is 90.8 Å². The molecule has 78 valence electrons. The van der Waals surface area contributed by atoms with E-state index in [2.05, 4.69) is 31.2 Å². The topological polar surface area (TPSA) is 17.1 Å². The molecule has 3 atom stereocenters. The van der Waals surface area contributed by atoms with Crippen molar-refractivity contribution < 1.29 is 4.79 Å². The van der Waals surface area contributed by atoms with Crippen molar-refractivity contribution in [1.82, 2.24) is 0 Å². The molecule has 3 unspecified atom stereocenters. The van der Waals surface area contributed by atoms with Crippen LogP contribution in [0.25, 0.3) is 0 Å². The van der Waals surface area contributed by atoms with E-state index in [0.29, 0.717) is 11.8 Å². The average Bonchev–Trinajstić information content (AvgIpc) is 2.30. The summed E-state index contributed by atoms with van der Waals surface area (Å²) in [6, 6.07) is 10.3. The molecule has 0 bridgehead atoms. The number of allylic oxidation sites excluding steroid dienone is 2. The first-order valence-corrected chi connectivity index (χ1v) is 5.50. The van der Waals surface area contributed by atoms with Crippen LogP contribution in [0, 0.1) is 11.8 Å². The lowest BCUT2D eigenvalue weighted by Gasteiger charge is -2.29. The molecule has 0 radical (unpaired) electrons. The van der Waals surface area contributed by atoms with Crippen LogP contribution in [0.3, 0.4) is 0 Å². The predicted molar refractivity (Wildman–Crippen MR) is 61.7 cm³/mol. The molecule has 0 saturated carbocycles. The summed E-state index contributed by atoms with van der Waals surface area (Å²) in [6.45, 7) is 2.12. The van der Waals surface area contributed by atoms with Crippen LogP contribution in [0.2, 0.25) is 0 Å². The number of carbonyl (C=O) groups excluding carboxylic acids is 1. The highest BCUT2D eigenvalue weighted by Crippen LogP contribution is 2.36. The van der Waals surface area contributed by atoms with Gasteiger partial charge in [0.25, 0.3) is 0 Å². The van der Waals surface area contributed by atoms with E-state index in [-0.39, 0.29) is 5.92 Å². The number of benzene rings is 1. The summed E-state index contributed by atoms with van der Waals surface area (Å²) in [7, 11) is 0. The van der Waals surface area contributed by atoms with Gasteiger partial charge in [-0.1, -0.05) is 49.4 Å². The summed E-state index contributed by atoms with van der Waals surface area (Å²) < 4.78 is 0. The third-order valence-corrected chi connectivity index (χ3v) is 3.29. The second kappa shape index (κ2) is 4.43. The summed E-state index contributed by atoms with van der Waals surface area (Å²) >= 11 is 0. The van der Waals surface area contributed by atoms with Crippen molar-refractivity contribution in [2.45, 2.75) is 19.3 Å². The van der Waals surface area contributed by atoms with Crippen molar-refractivity contribution in [2.75, 3.05) is 0 Å². The van der Waals surface area contributed by atoms with Gasteiger partial charge in [-0.05, 0) is 23.8 Å². The first kappa shape index (κ1) is 10.2. The van der Waals surface area contributed by atoms with Gasteiger partial charge < -0.3 is 4.79 Å². The van der Waals surface area contributed by atoms with Crippen LogP contribution in [-0.4, -0.2) is 6.29 Å². The Balaban J connectivity index is 2.29. The Kier molecular flexibility index (Phi) is 3.00. The Bertz CT molecular complexity index is 353. The van der Waals surface area contributed by atoms with Crippen molar-refractivity contribution in [3.8, 4) is 0 Å². The van der Waals surface area contributed by atoms with Crippen molar-refractivity contribution in [3.05, 3.63) is 48.0 Å². The molecule has 0 spiro atoms. The molecule has 15 heavy (non-hydrogen) atoms. The maximum Gasteiger partial charge on any atom is 0.124 e. The average molecular weight is 200 g/mol. The molecule has 1 aromatic carbocycles. The molecule has 0 aromatic heterocycles. The van der Waals surface area contributed by atoms with Gasteiger partial charge >= 0.3 is 0 Å². The van der Waals surface area contributed by atoms with E-state index >= 15 is 0 Å². The SMILES string of the molecule is CC1C=CCC(c2ccccc2)C1C=O. The van der Waals surface area contributed by atoms with E-state index < -0.39 is 0 Å². The smallest absolute Gasteiger partial charge is 0.124 e. The molecule has 0 fully saturated rings. The third kappa shape index (κ3) is 2.01. The molecule has 1 aliphatic rings. The van der Waals surface area contributed by atoms with Crippen molar-refractivity contribution in [2.24, 2.45) is 11.8 Å². The summed E-state index contributed by atoms with van der Waals surface area (Å²) in [4.78, 5) is 11.1. The van der Waals surface area contributed by atoms with Gasteiger partial charge in [-0.2, -0.15) is 0 Å². The van der Waals surface area contributed by atoms with Crippen molar-refractivity contribution in [3.63, 3.8) is 0 Å². The predicted octanol–water partition coefficient (Wildman–Crippen LogP) is 3.18. The van der Waals surface area contributed by atoms with Gasteiger partial charge in [0.1, 0.15) is 6.29 Å². The maximum absolute atomic E-state index is 11.1. The standard InChI is InChI=1S/C14H16O/c1-11-6-5-9-13(14(11)10-15)12-7-3-2-4-8-12/h2-8,10-11,13-14H,9H2,1H3.